The van der Waals surface area contributed by atoms with E-state index in [4.69, 9.17) is 5.73 Å². The third-order valence-electron chi connectivity index (χ3n) is 4.14. The molecule has 1 aromatic carbocycles. The van der Waals surface area contributed by atoms with Crippen LogP contribution < -0.4 is 10.6 Å². The van der Waals surface area contributed by atoms with Crippen LogP contribution in [0.5, 0.6) is 0 Å². The van der Waals surface area contributed by atoms with Gasteiger partial charge in [0.25, 0.3) is 0 Å². The van der Waals surface area contributed by atoms with Gasteiger partial charge in [-0.1, -0.05) is 31.5 Å². The first-order valence-electron chi connectivity index (χ1n) is 6.34. The van der Waals surface area contributed by atoms with E-state index >= 15 is 0 Å². The van der Waals surface area contributed by atoms with Gasteiger partial charge in [0.2, 0.25) is 0 Å². The summed E-state index contributed by atoms with van der Waals surface area (Å²) in [6, 6.07) is 6.58. The van der Waals surface area contributed by atoms with E-state index in [0.717, 1.165) is 0 Å². The molecule has 0 radical (unpaired) electrons. The number of hydrogen-bond donors (Lipinski definition) is 1. The molecule has 2 nitrogen and oxygen atoms in total. The van der Waals surface area contributed by atoms with Crippen LogP contribution in [0.1, 0.15) is 31.9 Å². The molecule has 1 unspecified atom stereocenters. The SMILES string of the molecule is Cc1ccc(N(C)C(C)(CN)C(C)C)c(C)c1. The smallest absolute Gasteiger partial charge is 0.0515 e. The maximum absolute atomic E-state index is 5.98. The third-order valence-corrected chi connectivity index (χ3v) is 4.14. The van der Waals surface area contributed by atoms with Crippen LogP contribution in [-0.4, -0.2) is 19.1 Å². The molecule has 1 rings (SSSR count). The van der Waals surface area contributed by atoms with Gasteiger partial charge in [0.15, 0.2) is 0 Å². The Hall–Kier alpha value is -1.02. The Kier molecular flexibility index (Phi) is 4.21. The van der Waals surface area contributed by atoms with E-state index in [9.17, 15) is 0 Å². The molecule has 0 aliphatic heterocycles. The van der Waals surface area contributed by atoms with Crippen LogP contribution in [0.4, 0.5) is 5.69 Å². The van der Waals surface area contributed by atoms with Crippen molar-refractivity contribution in [1.82, 2.24) is 0 Å². The van der Waals surface area contributed by atoms with E-state index in [1.54, 1.807) is 0 Å². The van der Waals surface area contributed by atoms with E-state index in [1.165, 1.54) is 16.8 Å². The fraction of sp³-hybridized carbons (Fsp3) is 0.600. The molecular weight excluding hydrogens is 208 g/mol. The van der Waals surface area contributed by atoms with Gasteiger partial charge in [0, 0.05) is 19.3 Å². The zero-order chi connectivity index (χ0) is 13.2. The highest BCUT2D eigenvalue weighted by atomic mass is 15.2. The van der Waals surface area contributed by atoms with Crippen LogP contribution >= 0.6 is 0 Å². The number of nitrogens with two attached hydrogens (primary N) is 1. The van der Waals surface area contributed by atoms with Gasteiger partial charge in [0.1, 0.15) is 0 Å². The van der Waals surface area contributed by atoms with Crippen LogP contribution in [-0.2, 0) is 0 Å². The number of anilines is 1. The summed E-state index contributed by atoms with van der Waals surface area (Å²) in [5, 5.41) is 0. The Morgan fingerprint density at radius 2 is 1.88 bits per heavy atom. The normalized spacial score (nSPS) is 14.8. The highest BCUT2D eigenvalue weighted by Crippen LogP contribution is 2.30. The first-order valence-corrected chi connectivity index (χ1v) is 6.34. The summed E-state index contributed by atoms with van der Waals surface area (Å²) in [5.74, 6) is 0.512. The molecule has 17 heavy (non-hydrogen) atoms. The minimum Gasteiger partial charge on any atom is -0.367 e. The molecule has 0 saturated carbocycles. The van der Waals surface area contributed by atoms with Gasteiger partial charge in [-0.25, -0.2) is 0 Å². The molecule has 0 aliphatic carbocycles. The zero-order valence-corrected chi connectivity index (χ0v) is 12.0. The van der Waals surface area contributed by atoms with E-state index in [-0.39, 0.29) is 5.54 Å². The molecule has 2 heteroatoms. The number of benzene rings is 1. The summed E-state index contributed by atoms with van der Waals surface area (Å²) in [6.45, 7) is 11.6. The van der Waals surface area contributed by atoms with E-state index < -0.39 is 0 Å². The summed E-state index contributed by atoms with van der Waals surface area (Å²) < 4.78 is 0. The molecule has 1 aromatic rings. The Morgan fingerprint density at radius 3 is 2.29 bits per heavy atom. The van der Waals surface area contributed by atoms with Crippen molar-refractivity contribution in [2.45, 2.75) is 40.2 Å². The van der Waals surface area contributed by atoms with E-state index in [0.29, 0.717) is 12.5 Å². The quantitative estimate of drug-likeness (QED) is 0.867. The number of hydrogen-bond acceptors (Lipinski definition) is 2. The average molecular weight is 234 g/mol. The van der Waals surface area contributed by atoms with Crippen molar-refractivity contribution in [1.29, 1.82) is 0 Å². The zero-order valence-electron chi connectivity index (χ0n) is 12.0. The maximum Gasteiger partial charge on any atom is 0.0515 e. The molecule has 0 saturated heterocycles. The molecule has 0 amide bonds. The lowest BCUT2D eigenvalue weighted by Crippen LogP contribution is -2.54. The van der Waals surface area contributed by atoms with Crippen LogP contribution in [0.25, 0.3) is 0 Å². The highest BCUT2D eigenvalue weighted by Gasteiger charge is 2.32. The fourth-order valence-corrected chi connectivity index (χ4v) is 2.22. The van der Waals surface area contributed by atoms with Gasteiger partial charge in [-0.3, -0.25) is 0 Å². The Morgan fingerprint density at radius 1 is 1.29 bits per heavy atom. The van der Waals surface area contributed by atoms with Crippen molar-refractivity contribution < 1.29 is 0 Å². The summed E-state index contributed by atoms with van der Waals surface area (Å²) in [4.78, 5) is 2.33. The lowest BCUT2D eigenvalue weighted by atomic mass is 9.86. The van der Waals surface area contributed by atoms with Gasteiger partial charge in [-0.15, -0.1) is 0 Å². The van der Waals surface area contributed by atoms with Crippen LogP contribution in [0.2, 0.25) is 0 Å². The van der Waals surface area contributed by atoms with Crippen molar-refractivity contribution in [3.05, 3.63) is 29.3 Å². The first-order chi connectivity index (χ1) is 7.82. The van der Waals surface area contributed by atoms with Crippen LogP contribution in [0, 0.1) is 19.8 Å². The molecule has 0 spiro atoms. The second-order valence-electron chi connectivity index (χ2n) is 5.56. The monoisotopic (exact) mass is 234 g/mol. The lowest BCUT2D eigenvalue weighted by Gasteiger charge is -2.43. The average Bonchev–Trinajstić information content (AvgIpc) is 2.26. The highest BCUT2D eigenvalue weighted by molar-refractivity contribution is 5.55. The van der Waals surface area contributed by atoms with Gasteiger partial charge < -0.3 is 10.6 Å². The van der Waals surface area contributed by atoms with Crippen molar-refractivity contribution in [2.24, 2.45) is 11.7 Å². The molecule has 1 atom stereocenters. The Labute approximate surface area is 106 Å². The minimum atomic E-state index is 0.0000180. The van der Waals surface area contributed by atoms with E-state index in [1.807, 2.05) is 0 Å². The van der Waals surface area contributed by atoms with Crippen LogP contribution in [0.15, 0.2) is 18.2 Å². The molecule has 2 N–H and O–H groups in total. The summed E-state index contributed by atoms with van der Waals surface area (Å²) in [5.41, 5.74) is 9.88. The first kappa shape index (κ1) is 14.0. The van der Waals surface area contributed by atoms with Gasteiger partial charge >= 0.3 is 0 Å². The fourth-order valence-electron chi connectivity index (χ4n) is 2.22. The molecule has 0 aromatic heterocycles. The van der Waals surface area contributed by atoms with Crippen molar-refractivity contribution in [3.63, 3.8) is 0 Å². The predicted octanol–water partition coefficient (Wildman–Crippen LogP) is 3.11. The summed E-state index contributed by atoms with van der Waals surface area (Å²) in [7, 11) is 2.14. The van der Waals surface area contributed by atoms with Crippen LogP contribution in [0.3, 0.4) is 0 Å². The Bertz CT molecular complexity index is 385. The molecule has 0 heterocycles. The lowest BCUT2D eigenvalue weighted by molar-refractivity contribution is 0.333. The molecular formula is C15H26N2. The molecule has 96 valence electrons. The van der Waals surface area contributed by atoms with Gasteiger partial charge in [-0.05, 0) is 38.3 Å². The van der Waals surface area contributed by atoms with E-state index in [2.05, 4.69) is 64.8 Å². The molecule has 0 bridgehead atoms. The number of nitrogens with zero attached hydrogens (tertiary/aromatic N) is 1. The van der Waals surface area contributed by atoms with Crippen molar-refractivity contribution >= 4 is 5.69 Å². The number of rotatable bonds is 4. The third kappa shape index (κ3) is 2.63. The number of aryl methyl sites for hydroxylation is 2. The minimum absolute atomic E-state index is 0.0000180. The predicted molar refractivity (Wildman–Crippen MR) is 76.6 cm³/mol. The maximum atomic E-state index is 5.98. The Balaban J connectivity index is 3.14. The molecule has 0 fully saturated rings. The number of likely N-dealkylation sites (N-methyl/N-ethyl adjacent to an activating group) is 1. The summed E-state index contributed by atoms with van der Waals surface area (Å²) >= 11 is 0. The van der Waals surface area contributed by atoms with Crippen molar-refractivity contribution in [3.8, 4) is 0 Å². The second-order valence-corrected chi connectivity index (χ2v) is 5.56. The van der Waals surface area contributed by atoms with Gasteiger partial charge in [0.05, 0.1) is 5.54 Å². The topological polar surface area (TPSA) is 29.3 Å². The molecule has 0 aliphatic rings. The van der Waals surface area contributed by atoms with Gasteiger partial charge in [-0.2, -0.15) is 0 Å². The second kappa shape index (κ2) is 5.09. The summed E-state index contributed by atoms with van der Waals surface area (Å²) in [6.07, 6.45) is 0. The van der Waals surface area contributed by atoms with Crippen molar-refractivity contribution in [2.75, 3.05) is 18.5 Å². The standard InChI is InChI=1S/C15H26N2/c1-11(2)15(5,10-16)17(6)14-8-7-12(3)9-13(14)4/h7-9,11H,10,16H2,1-6H3. The largest absolute Gasteiger partial charge is 0.367 e.